The van der Waals surface area contributed by atoms with Gasteiger partial charge in [-0.3, -0.25) is 0 Å². The summed E-state index contributed by atoms with van der Waals surface area (Å²) in [7, 11) is -6.53. The van der Waals surface area contributed by atoms with Crippen molar-refractivity contribution in [2.75, 3.05) is 32.6 Å². The highest BCUT2D eigenvalue weighted by molar-refractivity contribution is 7.92. The molecule has 0 aliphatic carbocycles. The Morgan fingerprint density at radius 2 is 1.72 bits per heavy atom. The molecule has 1 unspecified atom stereocenters. The molecule has 0 saturated heterocycles. The maximum atomic E-state index is 12.6. The first-order chi connectivity index (χ1) is 13.8. The van der Waals surface area contributed by atoms with Gasteiger partial charge < -0.3 is 20.9 Å². The summed E-state index contributed by atoms with van der Waals surface area (Å²) >= 11 is 1.09. The highest BCUT2D eigenvalue weighted by Gasteiger charge is 2.27. The SMILES string of the molecule is CCc1c(S(=O)(=O)NC[P+](=O)O)sc2cc(OCCCN)c(OCCCN)cc12. The normalized spacial score (nSPS) is 12.3. The number of benzene rings is 1. The Bertz CT molecular complexity index is 948. The van der Waals surface area contributed by atoms with Gasteiger partial charge in [-0.1, -0.05) is 6.92 Å². The predicted molar refractivity (Wildman–Crippen MR) is 115 cm³/mol. The molecule has 1 heterocycles. The number of ether oxygens (including phenoxy) is 2. The van der Waals surface area contributed by atoms with Gasteiger partial charge in [0, 0.05) is 16.2 Å². The van der Waals surface area contributed by atoms with Gasteiger partial charge in [0.2, 0.25) is 6.29 Å². The fourth-order valence-electron chi connectivity index (χ4n) is 2.65. The van der Waals surface area contributed by atoms with Gasteiger partial charge in [0.25, 0.3) is 10.0 Å². The molecule has 12 heteroatoms. The third-order valence-electron chi connectivity index (χ3n) is 4.02. The maximum Gasteiger partial charge on any atom is 0.522 e. The second-order valence-electron chi connectivity index (χ2n) is 6.16. The van der Waals surface area contributed by atoms with Crippen LogP contribution in [0.4, 0.5) is 0 Å². The lowest BCUT2D eigenvalue weighted by Crippen LogP contribution is -2.23. The van der Waals surface area contributed by atoms with E-state index in [2.05, 4.69) is 4.72 Å². The number of nitrogens with one attached hydrogen (secondary N) is 1. The second-order valence-corrected chi connectivity index (χ2v) is 10.2. The zero-order valence-corrected chi connectivity index (χ0v) is 18.7. The molecular formula is C17H27N3O6PS2+. The molecule has 0 fully saturated rings. The first-order valence-electron chi connectivity index (χ1n) is 9.22. The molecule has 2 rings (SSSR count). The average molecular weight is 465 g/mol. The summed E-state index contributed by atoms with van der Waals surface area (Å²) in [5, 5.41) is 0.750. The number of rotatable bonds is 13. The van der Waals surface area contributed by atoms with Gasteiger partial charge in [0.15, 0.2) is 11.5 Å². The van der Waals surface area contributed by atoms with Crippen molar-refractivity contribution in [1.82, 2.24) is 4.72 Å². The van der Waals surface area contributed by atoms with Crippen LogP contribution in [0.1, 0.15) is 25.3 Å². The minimum Gasteiger partial charge on any atom is -0.490 e. The van der Waals surface area contributed by atoms with Gasteiger partial charge in [-0.05, 0) is 48.5 Å². The van der Waals surface area contributed by atoms with Crippen molar-refractivity contribution < 1.29 is 27.3 Å². The van der Waals surface area contributed by atoms with Crippen LogP contribution in [0, 0.1) is 0 Å². The quantitative estimate of drug-likeness (QED) is 0.259. The van der Waals surface area contributed by atoms with Crippen LogP contribution in [0.15, 0.2) is 16.3 Å². The zero-order valence-electron chi connectivity index (χ0n) is 16.2. The summed E-state index contributed by atoms with van der Waals surface area (Å²) in [5.41, 5.74) is 11.7. The number of sulfonamides is 1. The number of hydrogen-bond acceptors (Lipinski definition) is 8. The Hall–Kier alpha value is -1.33. The van der Waals surface area contributed by atoms with Gasteiger partial charge in [-0.15, -0.1) is 11.3 Å². The third-order valence-corrected chi connectivity index (χ3v) is 7.82. The summed E-state index contributed by atoms with van der Waals surface area (Å²) in [6, 6.07) is 3.55. The van der Waals surface area contributed by atoms with E-state index in [1.54, 1.807) is 12.1 Å². The van der Waals surface area contributed by atoms with E-state index in [0.717, 1.165) is 21.4 Å². The molecule has 0 aliphatic heterocycles. The van der Waals surface area contributed by atoms with Gasteiger partial charge in [0.1, 0.15) is 4.21 Å². The van der Waals surface area contributed by atoms with Gasteiger partial charge >= 0.3 is 8.03 Å². The lowest BCUT2D eigenvalue weighted by Gasteiger charge is -2.13. The molecule has 0 radical (unpaired) electrons. The minimum atomic E-state index is -3.92. The van der Waals surface area contributed by atoms with Crippen LogP contribution in [0.25, 0.3) is 10.1 Å². The standard InChI is InChI=1S/C17H26N3O6PS2/c1-2-12-13-9-14(25-7-3-5-18)15(26-8-4-6-19)10-16(13)28-17(12)29(23,24)20-11-27(21)22/h9-10,20H,2-8,11,18-19H2,1H3/p+1. The first-order valence-corrected chi connectivity index (χ1v) is 12.9. The summed E-state index contributed by atoms with van der Waals surface area (Å²) in [6.45, 7) is 3.67. The van der Waals surface area contributed by atoms with Gasteiger partial charge in [0.05, 0.1) is 13.2 Å². The monoisotopic (exact) mass is 464 g/mol. The first kappa shape index (κ1) is 23.9. The van der Waals surface area contributed by atoms with Crippen molar-refractivity contribution in [3.05, 3.63) is 17.7 Å². The van der Waals surface area contributed by atoms with E-state index in [0.29, 0.717) is 62.6 Å². The maximum absolute atomic E-state index is 12.6. The average Bonchev–Trinajstić information content (AvgIpc) is 3.05. The molecule has 0 saturated carbocycles. The number of nitrogens with two attached hydrogens (primary N) is 2. The van der Waals surface area contributed by atoms with E-state index in [1.165, 1.54) is 0 Å². The molecule has 1 aromatic heterocycles. The molecule has 0 aliphatic rings. The molecule has 29 heavy (non-hydrogen) atoms. The van der Waals surface area contributed by atoms with E-state index in [4.69, 9.17) is 25.8 Å². The van der Waals surface area contributed by atoms with Crippen LogP contribution in [-0.4, -0.2) is 45.9 Å². The number of aryl methyl sites for hydroxylation is 1. The van der Waals surface area contributed by atoms with Crippen LogP contribution >= 0.6 is 19.4 Å². The van der Waals surface area contributed by atoms with Crippen molar-refractivity contribution in [2.24, 2.45) is 11.5 Å². The lowest BCUT2D eigenvalue weighted by atomic mass is 10.1. The summed E-state index contributed by atoms with van der Waals surface area (Å²) in [5.74, 6) is 1.04. The summed E-state index contributed by atoms with van der Waals surface area (Å²) in [6.07, 6.45) is 1.29. The van der Waals surface area contributed by atoms with Crippen molar-refractivity contribution >= 4 is 39.5 Å². The van der Waals surface area contributed by atoms with Crippen LogP contribution in [0.2, 0.25) is 0 Å². The molecule has 1 atom stereocenters. The molecule has 9 nitrogen and oxygen atoms in total. The Morgan fingerprint density at radius 3 is 2.24 bits per heavy atom. The Balaban J connectivity index is 2.50. The van der Waals surface area contributed by atoms with Crippen molar-refractivity contribution in [1.29, 1.82) is 0 Å². The smallest absolute Gasteiger partial charge is 0.490 e. The molecule has 2 aromatic rings. The summed E-state index contributed by atoms with van der Waals surface area (Å²) < 4.78 is 50.9. The highest BCUT2D eigenvalue weighted by Crippen LogP contribution is 2.41. The van der Waals surface area contributed by atoms with E-state index in [1.807, 2.05) is 6.92 Å². The Kier molecular flexibility index (Phi) is 9.22. The predicted octanol–water partition coefficient (Wildman–Crippen LogP) is 1.89. The van der Waals surface area contributed by atoms with Crippen molar-refractivity contribution in [3.63, 3.8) is 0 Å². The molecule has 0 bridgehead atoms. The van der Waals surface area contributed by atoms with E-state index in [-0.39, 0.29) is 4.21 Å². The second kappa shape index (κ2) is 11.2. The fourth-order valence-corrected chi connectivity index (χ4v) is 6.40. The fraction of sp³-hybridized carbons (Fsp3) is 0.529. The van der Waals surface area contributed by atoms with Crippen LogP contribution in [0.5, 0.6) is 11.5 Å². The number of hydrogen-bond donors (Lipinski definition) is 4. The Morgan fingerprint density at radius 1 is 1.14 bits per heavy atom. The van der Waals surface area contributed by atoms with E-state index in [9.17, 15) is 13.0 Å². The van der Waals surface area contributed by atoms with E-state index >= 15 is 0 Å². The largest absolute Gasteiger partial charge is 0.522 e. The van der Waals surface area contributed by atoms with Gasteiger partial charge in [-0.25, -0.2) is 8.42 Å². The van der Waals surface area contributed by atoms with Crippen LogP contribution in [0.3, 0.4) is 0 Å². The molecular weight excluding hydrogens is 437 g/mol. The molecule has 0 spiro atoms. The lowest BCUT2D eigenvalue weighted by molar-refractivity contribution is 0.266. The molecule has 6 N–H and O–H groups in total. The zero-order chi connectivity index (χ0) is 21.4. The highest BCUT2D eigenvalue weighted by atomic mass is 32.2. The number of fused-ring (bicyclic) bond motifs is 1. The third kappa shape index (κ3) is 6.32. The molecule has 1 aromatic carbocycles. The number of thiophene rings is 1. The van der Waals surface area contributed by atoms with Crippen LogP contribution in [-0.2, 0) is 21.0 Å². The minimum absolute atomic E-state index is 0.124. The van der Waals surface area contributed by atoms with Gasteiger partial charge in [-0.2, -0.15) is 9.62 Å². The Labute approximate surface area is 175 Å². The topological polar surface area (TPSA) is 154 Å². The molecule has 0 amide bonds. The van der Waals surface area contributed by atoms with Crippen LogP contribution < -0.4 is 25.7 Å². The molecule has 162 valence electrons. The van der Waals surface area contributed by atoms with Crippen molar-refractivity contribution in [2.45, 2.75) is 30.4 Å². The van der Waals surface area contributed by atoms with E-state index < -0.39 is 24.3 Å². The summed E-state index contributed by atoms with van der Waals surface area (Å²) in [4.78, 5) is 8.94. The van der Waals surface area contributed by atoms with Crippen molar-refractivity contribution in [3.8, 4) is 11.5 Å².